The molecule has 3 N–H and O–H groups in total. The van der Waals surface area contributed by atoms with Gasteiger partial charge in [-0.2, -0.15) is 13.2 Å². The second-order valence-electron chi connectivity index (χ2n) is 3.73. The van der Waals surface area contributed by atoms with Crippen LogP contribution in [0, 0.1) is 0 Å². The lowest BCUT2D eigenvalue weighted by Crippen LogP contribution is -2.27. The highest BCUT2D eigenvalue weighted by atomic mass is 19.4. The smallest absolute Gasteiger partial charge is 0.416 e. The van der Waals surface area contributed by atoms with Gasteiger partial charge in [-0.3, -0.25) is 4.79 Å². The molecule has 104 valence electrons. The van der Waals surface area contributed by atoms with Gasteiger partial charge in [0, 0.05) is 5.56 Å². The fourth-order valence-corrected chi connectivity index (χ4v) is 1.40. The van der Waals surface area contributed by atoms with Gasteiger partial charge in [-0.05, 0) is 23.8 Å². The fourth-order valence-electron chi connectivity index (χ4n) is 1.40. The minimum atomic E-state index is -4.76. The van der Waals surface area contributed by atoms with Crippen molar-refractivity contribution in [3.8, 4) is 0 Å². The molecule has 0 aliphatic rings. The number of hydrogen-bond donors (Lipinski definition) is 3. The number of aliphatic carboxylic acids is 1. The number of benzene rings is 1. The molecule has 0 saturated heterocycles. The Bertz CT molecular complexity index is 498. The number of halogens is 3. The van der Waals surface area contributed by atoms with Gasteiger partial charge in [0.1, 0.15) is 12.4 Å². The van der Waals surface area contributed by atoms with E-state index in [2.05, 4.69) is 0 Å². The molecule has 0 radical (unpaired) electrons. The van der Waals surface area contributed by atoms with Crippen LogP contribution in [0.15, 0.2) is 18.2 Å². The van der Waals surface area contributed by atoms with Crippen molar-refractivity contribution < 1.29 is 38.1 Å². The Morgan fingerprint density at radius 2 is 1.79 bits per heavy atom. The van der Waals surface area contributed by atoms with Gasteiger partial charge in [0.05, 0.1) is 5.56 Å². The number of carboxylic acid groups (broad SMARTS) is 1. The van der Waals surface area contributed by atoms with Crippen molar-refractivity contribution in [1.29, 1.82) is 0 Å². The van der Waals surface area contributed by atoms with Gasteiger partial charge in [0.15, 0.2) is 6.10 Å². The summed E-state index contributed by atoms with van der Waals surface area (Å²) in [6, 6.07) is 1.90. The van der Waals surface area contributed by atoms with Gasteiger partial charge < -0.3 is 15.3 Å². The molecule has 1 rings (SSSR count). The van der Waals surface area contributed by atoms with E-state index < -0.39 is 35.5 Å². The summed E-state index contributed by atoms with van der Waals surface area (Å²) >= 11 is 0. The lowest BCUT2D eigenvalue weighted by molar-refractivity contribution is -0.153. The van der Waals surface area contributed by atoms with E-state index in [1.54, 1.807) is 0 Å². The van der Waals surface area contributed by atoms with Crippen molar-refractivity contribution in [1.82, 2.24) is 0 Å². The number of carbonyl (C=O) groups excluding carboxylic acids is 1. The van der Waals surface area contributed by atoms with E-state index in [9.17, 15) is 27.9 Å². The molecule has 0 heterocycles. The van der Waals surface area contributed by atoms with Crippen LogP contribution in [0.3, 0.4) is 0 Å². The molecule has 0 bridgehead atoms. The van der Waals surface area contributed by atoms with E-state index in [1.165, 1.54) is 0 Å². The largest absolute Gasteiger partial charge is 0.479 e. The van der Waals surface area contributed by atoms with Crippen LogP contribution in [0.1, 0.15) is 27.6 Å². The Balaban J connectivity index is 3.28. The third kappa shape index (κ3) is 3.52. The summed E-state index contributed by atoms with van der Waals surface area (Å²) in [4.78, 5) is 21.0. The van der Waals surface area contributed by atoms with E-state index in [1.807, 2.05) is 0 Å². The number of alkyl halides is 3. The van der Waals surface area contributed by atoms with Crippen LogP contribution in [0.4, 0.5) is 13.2 Å². The van der Waals surface area contributed by atoms with Crippen molar-refractivity contribution in [2.75, 3.05) is 0 Å². The Morgan fingerprint density at radius 3 is 2.21 bits per heavy atom. The summed E-state index contributed by atoms with van der Waals surface area (Å²) in [7, 11) is 0. The highest BCUT2D eigenvalue weighted by Crippen LogP contribution is 2.32. The molecular formula is C11H9F3O5. The molecular weight excluding hydrogens is 269 g/mol. The van der Waals surface area contributed by atoms with Crippen LogP contribution in [0.25, 0.3) is 0 Å². The normalized spacial score (nSPS) is 14.8. The quantitative estimate of drug-likeness (QED) is 0.714. The van der Waals surface area contributed by atoms with Crippen LogP contribution in [0.2, 0.25) is 0 Å². The van der Waals surface area contributed by atoms with E-state index in [0.29, 0.717) is 12.1 Å². The van der Waals surface area contributed by atoms with Crippen molar-refractivity contribution in [3.63, 3.8) is 0 Å². The highest BCUT2D eigenvalue weighted by molar-refractivity contribution is 5.76. The van der Waals surface area contributed by atoms with Gasteiger partial charge in [0.25, 0.3) is 0 Å². The van der Waals surface area contributed by atoms with Crippen LogP contribution < -0.4 is 0 Å². The van der Waals surface area contributed by atoms with Crippen molar-refractivity contribution in [3.05, 3.63) is 34.9 Å². The molecule has 0 saturated carbocycles. The lowest BCUT2D eigenvalue weighted by atomic mass is 9.99. The molecule has 2 atom stereocenters. The number of aliphatic hydroxyl groups excluding tert-OH is 2. The molecule has 0 fully saturated rings. The first-order valence-electron chi connectivity index (χ1n) is 4.93. The minimum Gasteiger partial charge on any atom is -0.479 e. The first kappa shape index (κ1) is 15.1. The number of rotatable bonds is 4. The third-order valence-electron chi connectivity index (χ3n) is 2.33. The summed E-state index contributed by atoms with van der Waals surface area (Å²) in [6.45, 7) is 0. The SMILES string of the molecule is O=Cc1cc(C(O)C(O)C(=O)O)cc(C(F)(F)F)c1. The lowest BCUT2D eigenvalue weighted by Gasteiger charge is -2.16. The third-order valence-corrected chi connectivity index (χ3v) is 2.33. The maximum Gasteiger partial charge on any atom is 0.416 e. The summed E-state index contributed by atoms with van der Waals surface area (Å²) in [5.41, 5.74) is -2.11. The van der Waals surface area contributed by atoms with Crippen molar-refractivity contribution in [2.45, 2.75) is 18.4 Å². The van der Waals surface area contributed by atoms with Crippen LogP contribution in [-0.2, 0) is 11.0 Å². The second-order valence-corrected chi connectivity index (χ2v) is 3.73. The van der Waals surface area contributed by atoms with Gasteiger partial charge in [0.2, 0.25) is 0 Å². The molecule has 0 aromatic heterocycles. The van der Waals surface area contributed by atoms with Crippen LogP contribution >= 0.6 is 0 Å². The molecule has 2 unspecified atom stereocenters. The van der Waals surface area contributed by atoms with Crippen molar-refractivity contribution in [2.24, 2.45) is 0 Å². The fraction of sp³-hybridized carbons (Fsp3) is 0.273. The van der Waals surface area contributed by atoms with E-state index in [0.717, 1.165) is 6.07 Å². The molecule has 0 aliphatic carbocycles. The van der Waals surface area contributed by atoms with Gasteiger partial charge in [-0.15, -0.1) is 0 Å². The zero-order valence-electron chi connectivity index (χ0n) is 9.26. The summed E-state index contributed by atoms with van der Waals surface area (Å²) < 4.78 is 37.6. The minimum absolute atomic E-state index is 0.124. The Labute approximate surface area is 104 Å². The molecule has 1 aromatic carbocycles. The predicted molar refractivity (Wildman–Crippen MR) is 55.4 cm³/mol. The first-order valence-corrected chi connectivity index (χ1v) is 4.93. The van der Waals surface area contributed by atoms with Crippen molar-refractivity contribution >= 4 is 12.3 Å². The molecule has 0 amide bonds. The topological polar surface area (TPSA) is 94.8 Å². The monoisotopic (exact) mass is 278 g/mol. The van der Waals surface area contributed by atoms with Crippen LogP contribution in [-0.4, -0.2) is 33.7 Å². The number of aliphatic hydroxyl groups is 2. The predicted octanol–water partition coefficient (Wildman–Crippen LogP) is 0.997. The average Bonchev–Trinajstić information content (AvgIpc) is 2.35. The van der Waals surface area contributed by atoms with Gasteiger partial charge >= 0.3 is 12.1 Å². The van der Waals surface area contributed by atoms with E-state index >= 15 is 0 Å². The molecule has 0 spiro atoms. The van der Waals surface area contributed by atoms with E-state index in [-0.39, 0.29) is 11.8 Å². The molecule has 1 aromatic rings. The summed E-state index contributed by atoms with van der Waals surface area (Å²) in [5, 5.41) is 27.0. The number of hydrogen-bond acceptors (Lipinski definition) is 4. The number of aldehydes is 1. The van der Waals surface area contributed by atoms with Crippen LogP contribution in [0.5, 0.6) is 0 Å². The summed E-state index contributed by atoms with van der Waals surface area (Å²) in [5.74, 6) is -1.79. The summed E-state index contributed by atoms with van der Waals surface area (Å²) in [6.07, 6.45) is -9.00. The molecule has 19 heavy (non-hydrogen) atoms. The molecule has 0 aliphatic heterocycles. The van der Waals surface area contributed by atoms with Gasteiger partial charge in [-0.25, -0.2) is 4.79 Å². The highest BCUT2D eigenvalue weighted by Gasteiger charge is 2.33. The zero-order valence-corrected chi connectivity index (χ0v) is 9.26. The average molecular weight is 278 g/mol. The maximum atomic E-state index is 12.5. The Hall–Kier alpha value is -1.93. The standard InChI is InChI=1S/C11H9F3O5/c12-11(13,14)7-2-5(4-15)1-6(3-7)8(16)9(17)10(18)19/h1-4,8-9,16-17H,(H,18,19). The zero-order chi connectivity index (χ0) is 14.8. The molecule has 5 nitrogen and oxygen atoms in total. The van der Waals surface area contributed by atoms with Gasteiger partial charge in [-0.1, -0.05) is 0 Å². The first-order chi connectivity index (χ1) is 8.66. The Kier molecular flexibility index (Phi) is 4.28. The number of carbonyl (C=O) groups is 2. The number of carboxylic acids is 1. The van der Waals surface area contributed by atoms with E-state index in [4.69, 9.17) is 10.2 Å². The molecule has 8 heteroatoms. The second kappa shape index (κ2) is 5.37. The Morgan fingerprint density at radius 1 is 1.21 bits per heavy atom. The maximum absolute atomic E-state index is 12.5.